The molecule has 3 heterocycles. The highest BCUT2D eigenvalue weighted by molar-refractivity contribution is 7.87. The van der Waals surface area contributed by atoms with Gasteiger partial charge >= 0.3 is 0 Å². The molecule has 1 N–H and O–H groups in total. The lowest BCUT2D eigenvalue weighted by Crippen LogP contribution is -2.34. The number of carbonyl (C=O) groups is 1. The maximum absolute atomic E-state index is 12.8. The predicted molar refractivity (Wildman–Crippen MR) is 95.1 cm³/mol. The minimum Gasteiger partial charge on any atom is -0.338 e. The summed E-state index contributed by atoms with van der Waals surface area (Å²) < 4.78 is 27.5. The number of carbonyl (C=O) groups excluding carboxylic acids is 1. The van der Waals surface area contributed by atoms with Crippen molar-refractivity contribution in [2.24, 2.45) is 11.8 Å². The first-order chi connectivity index (χ1) is 12.0. The van der Waals surface area contributed by atoms with Gasteiger partial charge in [-0.05, 0) is 55.2 Å². The first-order valence-corrected chi connectivity index (χ1v) is 10.6. The predicted octanol–water partition coefficient (Wildman–Crippen LogP) is 1.60. The van der Waals surface area contributed by atoms with E-state index >= 15 is 0 Å². The van der Waals surface area contributed by atoms with Crippen LogP contribution in [0.5, 0.6) is 0 Å². The van der Waals surface area contributed by atoms with E-state index in [1.165, 1.54) is 30.0 Å². The molecule has 0 unspecified atom stereocenters. The molecule has 2 bridgehead atoms. The van der Waals surface area contributed by atoms with E-state index in [2.05, 4.69) is 4.72 Å². The zero-order valence-corrected chi connectivity index (χ0v) is 15.2. The molecule has 4 aliphatic rings. The summed E-state index contributed by atoms with van der Waals surface area (Å²) in [6, 6.07) is 7.40. The number of nitrogens with one attached hydrogen (secondary N) is 1. The van der Waals surface area contributed by atoms with E-state index in [4.69, 9.17) is 0 Å². The average molecular weight is 363 g/mol. The minimum absolute atomic E-state index is 0.112. The molecule has 0 aromatic heterocycles. The van der Waals surface area contributed by atoms with Crippen LogP contribution in [0.15, 0.2) is 24.3 Å². The highest BCUT2D eigenvalue weighted by atomic mass is 32.2. The van der Waals surface area contributed by atoms with Gasteiger partial charge in [0.15, 0.2) is 0 Å². The maximum atomic E-state index is 12.8. The fraction of sp³-hybridized carbons (Fsp3) is 0.611. The summed E-state index contributed by atoms with van der Waals surface area (Å²) in [5.41, 5.74) is 1.60. The van der Waals surface area contributed by atoms with Crippen LogP contribution in [0, 0.1) is 11.8 Å². The smallest absolute Gasteiger partial charge is 0.279 e. The Kier molecular flexibility index (Phi) is 4.56. The minimum atomic E-state index is -3.33. The number of nitrogens with zero attached hydrogens (tertiary/aromatic N) is 2. The standard InChI is InChI=1S/C18H25N3O3S/c22-18(20-11-14-1-2-15(12-20)4-3-14)17-7-5-16(6-8-17)13-21-10-9-19-25(21,23)24/h5-8,14-15,19H,1-4,9-13H2. The Bertz CT molecular complexity index is 725. The Labute approximate surface area is 149 Å². The van der Waals surface area contributed by atoms with Crippen LogP contribution < -0.4 is 4.72 Å². The van der Waals surface area contributed by atoms with Crippen LogP contribution in [0.25, 0.3) is 0 Å². The van der Waals surface area contributed by atoms with Crippen molar-refractivity contribution in [3.63, 3.8) is 0 Å². The molecule has 5 rings (SSSR count). The number of hydrogen-bond donors (Lipinski definition) is 1. The molecule has 136 valence electrons. The Balaban J connectivity index is 1.44. The third-order valence-electron chi connectivity index (χ3n) is 5.76. The van der Waals surface area contributed by atoms with Crippen molar-refractivity contribution in [1.29, 1.82) is 0 Å². The van der Waals surface area contributed by atoms with Gasteiger partial charge in [0.25, 0.3) is 16.1 Å². The Morgan fingerprint density at radius 2 is 1.64 bits per heavy atom. The maximum Gasteiger partial charge on any atom is 0.279 e. The SMILES string of the molecule is O=C(c1ccc(CN2CCNS2(=O)=O)cc1)N1CC2CCC(CC2)C1. The van der Waals surface area contributed by atoms with Gasteiger partial charge in [0.1, 0.15) is 0 Å². The van der Waals surface area contributed by atoms with E-state index in [1.807, 2.05) is 29.2 Å². The molecule has 1 saturated carbocycles. The molecule has 1 amide bonds. The van der Waals surface area contributed by atoms with Gasteiger partial charge in [0.2, 0.25) is 0 Å². The first-order valence-electron chi connectivity index (χ1n) is 9.14. The van der Waals surface area contributed by atoms with Gasteiger partial charge in [-0.3, -0.25) is 4.79 Å². The monoisotopic (exact) mass is 363 g/mol. The summed E-state index contributed by atoms with van der Waals surface area (Å²) in [5, 5.41) is 0. The van der Waals surface area contributed by atoms with Gasteiger partial charge < -0.3 is 4.90 Å². The van der Waals surface area contributed by atoms with Crippen molar-refractivity contribution < 1.29 is 13.2 Å². The molecular formula is C18H25N3O3S. The van der Waals surface area contributed by atoms with Gasteiger partial charge in [-0.1, -0.05) is 12.1 Å². The highest BCUT2D eigenvalue weighted by Crippen LogP contribution is 2.34. The van der Waals surface area contributed by atoms with E-state index < -0.39 is 10.2 Å². The lowest BCUT2D eigenvalue weighted by Gasteiger charge is -2.23. The van der Waals surface area contributed by atoms with Gasteiger partial charge in [0, 0.05) is 38.3 Å². The Hall–Kier alpha value is -1.44. The van der Waals surface area contributed by atoms with Crippen molar-refractivity contribution in [2.45, 2.75) is 32.2 Å². The molecule has 25 heavy (non-hydrogen) atoms. The number of rotatable bonds is 3. The van der Waals surface area contributed by atoms with Crippen molar-refractivity contribution in [3.05, 3.63) is 35.4 Å². The molecule has 1 aromatic carbocycles. The van der Waals surface area contributed by atoms with Gasteiger partial charge in [-0.15, -0.1) is 0 Å². The van der Waals surface area contributed by atoms with E-state index in [9.17, 15) is 13.2 Å². The molecule has 0 atom stereocenters. The van der Waals surface area contributed by atoms with Crippen molar-refractivity contribution in [1.82, 2.24) is 13.9 Å². The van der Waals surface area contributed by atoms with E-state index in [0.717, 1.165) is 18.7 Å². The van der Waals surface area contributed by atoms with Crippen LogP contribution in [0.2, 0.25) is 0 Å². The van der Waals surface area contributed by atoms with Gasteiger partial charge in [0.05, 0.1) is 0 Å². The third kappa shape index (κ3) is 3.59. The topological polar surface area (TPSA) is 69.7 Å². The number of amides is 1. The second-order valence-corrected chi connectivity index (χ2v) is 9.28. The third-order valence-corrected chi connectivity index (χ3v) is 7.32. The van der Waals surface area contributed by atoms with Crippen molar-refractivity contribution in [2.75, 3.05) is 26.2 Å². The molecule has 6 nitrogen and oxygen atoms in total. The molecule has 1 aromatic rings. The highest BCUT2D eigenvalue weighted by Gasteiger charge is 2.32. The van der Waals surface area contributed by atoms with Crippen LogP contribution in [-0.4, -0.2) is 49.7 Å². The number of hydrogen-bond acceptors (Lipinski definition) is 3. The largest absolute Gasteiger partial charge is 0.338 e. The molecule has 0 spiro atoms. The number of benzene rings is 1. The van der Waals surface area contributed by atoms with Crippen molar-refractivity contribution >= 4 is 16.1 Å². The molecule has 7 heteroatoms. The van der Waals surface area contributed by atoms with E-state index in [0.29, 0.717) is 37.0 Å². The summed E-state index contributed by atoms with van der Waals surface area (Å²) in [6.07, 6.45) is 5.02. The van der Waals surface area contributed by atoms with E-state index in [-0.39, 0.29) is 5.91 Å². The number of fused-ring (bicyclic) bond motifs is 4. The fourth-order valence-corrected chi connectivity index (χ4v) is 5.46. The molecule has 0 radical (unpaired) electrons. The molecular weight excluding hydrogens is 338 g/mol. The lowest BCUT2D eigenvalue weighted by atomic mass is 9.84. The zero-order chi connectivity index (χ0) is 17.4. The van der Waals surface area contributed by atoms with Gasteiger partial charge in [-0.25, -0.2) is 4.72 Å². The normalized spacial score (nSPS) is 28.9. The van der Waals surface area contributed by atoms with Crippen LogP contribution in [0.4, 0.5) is 0 Å². The van der Waals surface area contributed by atoms with Crippen molar-refractivity contribution in [3.8, 4) is 0 Å². The summed E-state index contributed by atoms with van der Waals surface area (Å²) in [6.45, 7) is 3.05. The summed E-state index contributed by atoms with van der Waals surface area (Å²) >= 11 is 0. The van der Waals surface area contributed by atoms with Crippen LogP contribution in [-0.2, 0) is 16.8 Å². The van der Waals surface area contributed by atoms with Crippen LogP contribution in [0.1, 0.15) is 41.6 Å². The fourth-order valence-electron chi connectivity index (χ4n) is 4.27. The Morgan fingerprint density at radius 1 is 1.04 bits per heavy atom. The second kappa shape index (κ2) is 6.70. The van der Waals surface area contributed by atoms with Crippen LogP contribution >= 0.6 is 0 Å². The zero-order valence-electron chi connectivity index (χ0n) is 14.4. The summed E-state index contributed by atoms with van der Waals surface area (Å²) in [5.74, 6) is 1.44. The average Bonchev–Trinajstić information content (AvgIpc) is 2.80. The lowest BCUT2D eigenvalue weighted by molar-refractivity contribution is 0.0739. The molecule has 4 fully saturated rings. The van der Waals surface area contributed by atoms with E-state index in [1.54, 1.807) is 0 Å². The quantitative estimate of drug-likeness (QED) is 0.887. The summed E-state index contributed by atoms with van der Waals surface area (Å²) in [7, 11) is -3.33. The molecule has 3 aliphatic heterocycles. The Morgan fingerprint density at radius 3 is 2.16 bits per heavy atom. The molecule has 1 aliphatic carbocycles. The molecule has 3 saturated heterocycles. The summed E-state index contributed by atoms with van der Waals surface area (Å²) in [4.78, 5) is 14.9. The van der Waals surface area contributed by atoms with Gasteiger partial charge in [-0.2, -0.15) is 12.7 Å². The first kappa shape index (κ1) is 17.0. The van der Waals surface area contributed by atoms with Crippen LogP contribution in [0.3, 0.4) is 0 Å². The second-order valence-electron chi connectivity index (χ2n) is 7.53.